The van der Waals surface area contributed by atoms with Crippen molar-refractivity contribution in [3.63, 3.8) is 0 Å². The van der Waals surface area contributed by atoms with Crippen molar-refractivity contribution in [2.75, 3.05) is 0 Å². The molecule has 0 unspecified atom stereocenters. The fraction of sp³-hybridized carbons (Fsp3) is 0.167. The first-order valence-corrected chi connectivity index (χ1v) is 8.51. The lowest BCUT2D eigenvalue weighted by Gasteiger charge is -2.06. The average molecular weight is 364 g/mol. The molecule has 0 aliphatic rings. The number of nitrogens with zero attached hydrogens (tertiary/aromatic N) is 1. The minimum Gasteiger partial charge on any atom is -0.480 e. The Bertz CT molecular complexity index is 952. The first-order chi connectivity index (χ1) is 11.4. The molecule has 1 N–H and O–H groups in total. The Morgan fingerprint density at radius 3 is 2.62 bits per heavy atom. The molecule has 0 radical (unpaired) electrons. The molecule has 0 atom stereocenters. The van der Waals surface area contributed by atoms with Gasteiger partial charge in [0.05, 0.1) is 10.5 Å². The molecule has 3 nitrogen and oxygen atoms in total. The number of hydrogen-bond donors (Lipinski definition) is 1. The summed E-state index contributed by atoms with van der Waals surface area (Å²) in [7, 11) is 0. The lowest BCUT2D eigenvalue weighted by molar-refractivity contribution is -0.137. The maximum atomic E-state index is 14.1. The molecule has 0 bridgehead atoms. The van der Waals surface area contributed by atoms with Gasteiger partial charge in [-0.1, -0.05) is 35.5 Å². The zero-order chi connectivity index (χ0) is 17.4. The van der Waals surface area contributed by atoms with Crippen molar-refractivity contribution in [1.82, 2.24) is 4.57 Å². The minimum atomic E-state index is -0.939. The molecule has 0 saturated carbocycles. The number of aromatic nitrogens is 1. The van der Waals surface area contributed by atoms with Crippen LogP contribution >= 0.6 is 23.4 Å². The van der Waals surface area contributed by atoms with Crippen molar-refractivity contribution < 1.29 is 14.3 Å². The number of hydrogen-bond acceptors (Lipinski definition) is 2. The smallest absolute Gasteiger partial charge is 0.323 e. The van der Waals surface area contributed by atoms with Crippen LogP contribution in [0.3, 0.4) is 0 Å². The summed E-state index contributed by atoms with van der Waals surface area (Å²) in [6.45, 7) is 3.38. The summed E-state index contributed by atoms with van der Waals surface area (Å²) in [5.41, 5.74) is 2.00. The van der Waals surface area contributed by atoms with Crippen LogP contribution in [0, 0.1) is 19.7 Å². The average Bonchev–Trinajstić information content (AvgIpc) is 2.78. The summed E-state index contributed by atoms with van der Waals surface area (Å²) in [5, 5.41) is 10.5. The first-order valence-electron chi connectivity index (χ1n) is 7.32. The van der Waals surface area contributed by atoms with Gasteiger partial charge in [0.1, 0.15) is 12.4 Å². The number of rotatable bonds is 4. The van der Waals surface area contributed by atoms with E-state index in [2.05, 4.69) is 0 Å². The molecule has 1 aromatic heterocycles. The number of carboxylic acid groups (broad SMARTS) is 1. The lowest BCUT2D eigenvalue weighted by atomic mass is 10.1. The predicted molar refractivity (Wildman–Crippen MR) is 94.6 cm³/mol. The number of fused-ring (bicyclic) bond motifs is 1. The zero-order valence-electron chi connectivity index (χ0n) is 13.1. The van der Waals surface area contributed by atoms with Crippen LogP contribution in [0.15, 0.2) is 46.2 Å². The highest BCUT2D eigenvalue weighted by molar-refractivity contribution is 7.99. The van der Waals surface area contributed by atoms with Gasteiger partial charge >= 0.3 is 5.97 Å². The van der Waals surface area contributed by atoms with Crippen molar-refractivity contribution in [3.05, 3.63) is 58.5 Å². The molecule has 1 heterocycles. The van der Waals surface area contributed by atoms with Crippen molar-refractivity contribution in [2.45, 2.75) is 30.2 Å². The maximum Gasteiger partial charge on any atom is 0.323 e. The number of aliphatic carboxylic acids is 1. The standard InChI is InChI=1S/C18H15ClFNO2S/c1-10-13(20)7-8-14-17(10)18(11(2)21(14)9-16(22)23)24-15-6-4-3-5-12(15)19/h3-8H,9H2,1-2H3,(H,22,23). The second kappa shape index (κ2) is 6.49. The highest BCUT2D eigenvalue weighted by atomic mass is 35.5. The molecule has 3 aromatic rings. The second-order valence-electron chi connectivity index (χ2n) is 5.49. The summed E-state index contributed by atoms with van der Waals surface area (Å²) >= 11 is 7.67. The van der Waals surface area contributed by atoms with E-state index in [0.29, 0.717) is 16.1 Å². The Hall–Kier alpha value is -1.98. The first kappa shape index (κ1) is 16.9. The molecule has 24 heavy (non-hydrogen) atoms. The normalized spacial score (nSPS) is 11.2. The lowest BCUT2D eigenvalue weighted by Crippen LogP contribution is -2.09. The van der Waals surface area contributed by atoms with E-state index in [1.807, 2.05) is 25.1 Å². The summed E-state index contributed by atoms with van der Waals surface area (Å²) in [4.78, 5) is 12.9. The SMILES string of the molecule is Cc1c(F)ccc2c1c(Sc1ccccc1Cl)c(C)n2CC(=O)O. The maximum absolute atomic E-state index is 14.1. The molecular weight excluding hydrogens is 349 g/mol. The Balaban J connectivity index is 2.26. The van der Waals surface area contributed by atoms with E-state index >= 15 is 0 Å². The number of carbonyl (C=O) groups is 1. The summed E-state index contributed by atoms with van der Waals surface area (Å²) in [6, 6.07) is 10.4. The van der Waals surface area contributed by atoms with E-state index in [0.717, 1.165) is 20.9 Å². The fourth-order valence-electron chi connectivity index (χ4n) is 2.77. The van der Waals surface area contributed by atoms with Crippen LogP contribution in [0.1, 0.15) is 11.3 Å². The molecule has 3 rings (SSSR count). The van der Waals surface area contributed by atoms with Gasteiger partial charge in [-0.15, -0.1) is 0 Å². The van der Waals surface area contributed by atoms with Crippen LogP contribution in [0.25, 0.3) is 10.9 Å². The van der Waals surface area contributed by atoms with Crippen molar-refractivity contribution in [2.24, 2.45) is 0 Å². The van der Waals surface area contributed by atoms with Crippen molar-refractivity contribution in [3.8, 4) is 0 Å². The Morgan fingerprint density at radius 2 is 1.96 bits per heavy atom. The van der Waals surface area contributed by atoms with E-state index in [-0.39, 0.29) is 12.4 Å². The van der Waals surface area contributed by atoms with Gasteiger partial charge < -0.3 is 9.67 Å². The molecule has 0 aliphatic carbocycles. The van der Waals surface area contributed by atoms with Gasteiger partial charge in [0.25, 0.3) is 0 Å². The summed E-state index contributed by atoms with van der Waals surface area (Å²) < 4.78 is 15.8. The zero-order valence-corrected chi connectivity index (χ0v) is 14.7. The third kappa shape index (κ3) is 2.89. The third-order valence-corrected chi connectivity index (χ3v) is 5.69. The largest absolute Gasteiger partial charge is 0.480 e. The van der Waals surface area contributed by atoms with E-state index in [4.69, 9.17) is 11.6 Å². The minimum absolute atomic E-state index is 0.170. The van der Waals surface area contributed by atoms with Crippen LogP contribution in [0.5, 0.6) is 0 Å². The molecular formula is C18H15ClFNO2S. The fourth-order valence-corrected chi connectivity index (χ4v) is 4.17. The van der Waals surface area contributed by atoms with Crippen molar-refractivity contribution in [1.29, 1.82) is 0 Å². The Morgan fingerprint density at radius 1 is 1.25 bits per heavy atom. The van der Waals surface area contributed by atoms with E-state index in [1.165, 1.54) is 17.8 Å². The van der Waals surface area contributed by atoms with Crippen LogP contribution in [-0.2, 0) is 11.3 Å². The topological polar surface area (TPSA) is 42.2 Å². The van der Waals surface area contributed by atoms with E-state index < -0.39 is 5.97 Å². The van der Waals surface area contributed by atoms with Gasteiger partial charge in [-0.05, 0) is 43.7 Å². The number of aryl methyl sites for hydroxylation is 1. The van der Waals surface area contributed by atoms with Gasteiger partial charge in [0.15, 0.2) is 0 Å². The molecule has 0 amide bonds. The number of halogens is 2. The van der Waals surface area contributed by atoms with Gasteiger partial charge in [-0.3, -0.25) is 4.79 Å². The van der Waals surface area contributed by atoms with Gasteiger partial charge in [0, 0.05) is 20.9 Å². The van der Waals surface area contributed by atoms with Gasteiger partial charge in [0.2, 0.25) is 0 Å². The van der Waals surface area contributed by atoms with Crippen LogP contribution in [0.2, 0.25) is 5.02 Å². The van der Waals surface area contributed by atoms with Gasteiger partial charge in [-0.2, -0.15) is 0 Å². The number of benzene rings is 2. The van der Waals surface area contributed by atoms with Crippen molar-refractivity contribution >= 4 is 40.2 Å². The summed E-state index contributed by atoms with van der Waals surface area (Å²) in [6.07, 6.45) is 0. The van der Waals surface area contributed by atoms with E-state index in [1.54, 1.807) is 23.6 Å². The second-order valence-corrected chi connectivity index (χ2v) is 6.95. The Labute approximate surface area is 148 Å². The molecule has 0 fully saturated rings. The number of carboxylic acids is 1. The highest BCUT2D eigenvalue weighted by Crippen LogP contribution is 2.42. The van der Waals surface area contributed by atoms with Crippen LogP contribution < -0.4 is 0 Å². The van der Waals surface area contributed by atoms with Crippen LogP contribution in [0.4, 0.5) is 4.39 Å². The third-order valence-electron chi connectivity index (χ3n) is 3.97. The quantitative estimate of drug-likeness (QED) is 0.685. The Kier molecular flexibility index (Phi) is 4.56. The van der Waals surface area contributed by atoms with E-state index in [9.17, 15) is 14.3 Å². The molecule has 0 aliphatic heterocycles. The van der Waals surface area contributed by atoms with Gasteiger partial charge in [-0.25, -0.2) is 4.39 Å². The molecule has 124 valence electrons. The molecule has 0 saturated heterocycles. The molecule has 6 heteroatoms. The summed E-state index contributed by atoms with van der Waals surface area (Å²) in [5.74, 6) is -1.25. The molecule has 0 spiro atoms. The highest BCUT2D eigenvalue weighted by Gasteiger charge is 2.20. The predicted octanol–water partition coefficient (Wildman–Crippen LogP) is 5.29. The monoisotopic (exact) mass is 363 g/mol. The van der Waals surface area contributed by atoms with Crippen LogP contribution in [-0.4, -0.2) is 15.6 Å². The molecule has 2 aromatic carbocycles.